The molecule has 0 spiro atoms. The minimum absolute atomic E-state index is 0.112. The van der Waals surface area contributed by atoms with Gasteiger partial charge in [0.15, 0.2) is 17.5 Å². The summed E-state index contributed by atoms with van der Waals surface area (Å²) in [6.07, 6.45) is -3.03. The van der Waals surface area contributed by atoms with Gasteiger partial charge in [0.2, 0.25) is 5.91 Å². The third-order valence-corrected chi connectivity index (χ3v) is 3.29. The maximum Gasteiger partial charge on any atom is 0.217 e. The summed E-state index contributed by atoms with van der Waals surface area (Å²) in [6.45, 7) is 1.74. The molecule has 0 fully saturated rings. The highest BCUT2D eigenvalue weighted by atomic mass is 16.5. The number of nitrogens with two attached hydrogens (primary N) is 1. The van der Waals surface area contributed by atoms with Crippen molar-refractivity contribution in [3.63, 3.8) is 0 Å². The molecule has 0 aromatic carbocycles. The lowest BCUT2D eigenvalue weighted by atomic mass is 9.91. The predicted molar refractivity (Wildman–Crippen MR) is 79.2 cm³/mol. The number of ether oxygens (including phenoxy) is 1. The molecule has 0 aromatic rings. The van der Waals surface area contributed by atoms with Gasteiger partial charge in [-0.05, 0) is 6.08 Å². The number of guanidine groups is 1. The van der Waals surface area contributed by atoms with Crippen LogP contribution in [0.2, 0.25) is 0 Å². The van der Waals surface area contributed by atoms with Gasteiger partial charge in [0.05, 0.1) is 18.7 Å². The number of hydrogen-bond donors (Lipinski definition) is 7. The number of allylic oxidation sites excluding steroid dienone is 1. The predicted octanol–water partition coefficient (Wildman–Crippen LogP) is -3.07. The Morgan fingerprint density at radius 1 is 1.39 bits per heavy atom. The Hall–Kier alpha value is -2.17. The average molecular weight is 330 g/mol. The first-order valence-electron chi connectivity index (χ1n) is 6.91. The van der Waals surface area contributed by atoms with E-state index in [0.29, 0.717) is 0 Å². The molecule has 5 atom stereocenters. The van der Waals surface area contributed by atoms with Gasteiger partial charge in [-0.1, -0.05) is 0 Å². The first-order chi connectivity index (χ1) is 10.7. The number of aliphatic hydroxyl groups excluding tert-OH is 3. The molecule has 130 valence electrons. The van der Waals surface area contributed by atoms with Gasteiger partial charge in [-0.2, -0.15) is 0 Å². The van der Waals surface area contributed by atoms with E-state index in [2.05, 4.69) is 10.6 Å². The molecule has 1 aliphatic rings. The van der Waals surface area contributed by atoms with Gasteiger partial charge in [-0.15, -0.1) is 0 Å². The van der Waals surface area contributed by atoms with Crippen LogP contribution < -0.4 is 16.4 Å². The molecule has 1 amide bonds. The SMILES string of the molecule is CC(=O)N[C@H]1[C@H]([C@H](O)[C@H](O)CO)OC(C(C)=O)=C[C@@H]1NC(=N)N. The van der Waals surface area contributed by atoms with Crippen molar-refractivity contribution in [2.75, 3.05) is 6.61 Å². The minimum atomic E-state index is -1.59. The number of ketones is 1. The Bertz CT molecular complexity index is 509. The van der Waals surface area contributed by atoms with E-state index >= 15 is 0 Å². The number of amides is 1. The first-order valence-corrected chi connectivity index (χ1v) is 6.91. The third-order valence-electron chi connectivity index (χ3n) is 3.29. The fourth-order valence-corrected chi connectivity index (χ4v) is 2.26. The zero-order valence-electron chi connectivity index (χ0n) is 12.8. The molecule has 0 radical (unpaired) electrons. The Morgan fingerprint density at radius 2 is 2.00 bits per heavy atom. The van der Waals surface area contributed by atoms with Crippen LogP contribution in [0, 0.1) is 5.41 Å². The lowest BCUT2D eigenvalue weighted by Crippen LogP contribution is -2.64. The number of hydrogen-bond acceptors (Lipinski definition) is 7. The second kappa shape index (κ2) is 7.90. The van der Waals surface area contributed by atoms with Crippen LogP contribution >= 0.6 is 0 Å². The fraction of sp³-hybridized carbons (Fsp3) is 0.615. The van der Waals surface area contributed by atoms with E-state index in [1.807, 2.05) is 0 Å². The van der Waals surface area contributed by atoms with Crippen LogP contribution in [-0.2, 0) is 14.3 Å². The average Bonchev–Trinajstić information content (AvgIpc) is 2.45. The molecule has 8 N–H and O–H groups in total. The van der Waals surface area contributed by atoms with Gasteiger partial charge in [0.1, 0.15) is 18.3 Å². The maximum absolute atomic E-state index is 11.6. The monoisotopic (exact) mass is 330 g/mol. The number of carbonyl (C=O) groups excluding carboxylic acids is 2. The van der Waals surface area contributed by atoms with E-state index < -0.39 is 54.7 Å². The molecule has 10 heteroatoms. The van der Waals surface area contributed by atoms with Gasteiger partial charge >= 0.3 is 0 Å². The summed E-state index contributed by atoms with van der Waals surface area (Å²) in [6, 6.07) is -1.76. The largest absolute Gasteiger partial charge is 0.482 e. The van der Waals surface area contributed by atoms with Crippen molar-refractivity contribution in [3.05, 3.63) is 11.8 Å². The third kappa shape index (κ3) is 4.91. The van der Waals surface area contributed by atoms with Crippen LogP contribution in [-0.4, -0.2) is 70.0 Å². The molecule has 1 heterocycles. The lowest BCUT2D eigenvalue weighted by Gasteiger charge is -2.40. The molecule has 0 bridgehead atoms. The number of carbonyl (C=O) groups is 2. The summed E-state index contributed by atoms with van der Waals surface area (Å²) in [5, 5.41) is 41.1. The van der Waals surface area contributed by atoms with E-state index in [9.17, 15) is 19.8 Å². The van der Waals surface area contributed by atoms with E-state index in [-0.39, 0.29) is 5.76 Å². The summed E-state index contributed by atoms with van der Waals surface area (Å²) in [4.78, 5) is 23.0. The van der Waals surface area contributed by atoms with Crippen LogP contribution in [0.3, 0.4) is 0 Å². The van der Waals surface area contributed by atoms with Gasteiger partial charge in [0, 0.05) is 13.8 Å². The normalized spacial score (nSPS) is 26.3. The van der Waals surface area contributed by atoms with Gasteiger partial charge < -0.3 is 36.4 Å². The van der Waals surface area contributed by atoms with Crippen LogP contribution in [0.4, 0.5) is 0 Å². The van der Waals surface area contributed by atoms with Crippen molar-refractivity contribution in [1.82, 2.24) is 10.6 Å². The number of Topliss-reactive ketones (excluding diaryl/α,β-unsaturated/α-hetero) is 1. The molecule has 23 heavy (non-hydrogen) atoms. The zero-order chi connectivity index (χ0) is 17.7. The number of aliphatic hydroxyl groups is 3. The highest BCUT2D eigenvalue weighted by Gasteiger charge is 2.43. The molecule has 0 saturated carbocycles. The number of rotatable bonds is 6. The standard InChI is InChI=1S/C13H22N4O6/c1-5(19)9-3-7(17-13(14)15)10(16-6(2)20)12(23-9)11(22)8(21)4-18/h3,7-8,10-12,18,21-22H,4H2,1-2H3,(H,16,20)(H4,14,15,17)/t7-,8+,10+,11+,12+/m0/s1. The van der Waals surface area contributed by atoms with Gasteiger partial charge in [0.25, 0.3) is 0 Å². The lowest BCUT2D eigenvalue weighted by molar-refractivity contribution is -0.132. The molecular weight excluding hydrogens is 308 g/mol. The van der Waals surface area contributed by atoms with Crippen molar-refractivity contribution in [3.8, 4) is 0 Å². The molecule has 0 saturated heterocycles. The summed E-state index contributed by atoms with van der Waals surface area (Å²) in [7, 11) is 0. The first kappa shape index (κ1) is 18.9. The second-order valence-electron chi connectivity index (χ2n) is 5.22. The van der Waals surface area contributed by atoms with E-state index in [1.54, 1.807) is 0 Å². The second-order valence-corrected chi connectivity index (χ2v) is 5.22. The summed E-state index contributed by atoms with van der Waals surface area (Å²) >= 11 is 0. The smallest absolute Gasteiger partial charge is 0.217 e. The zero-order valence-corrected chi connectivity index (χ0v) is 12.8. The molecule has 1 rings (SSSR count). The van der Waals surface area contributed by atoms with Crippen molar-refractivity contribution in [1.29, 1.82) is 5.41 Å². The van der Waals surface area contributed by atoms with E-state index in [4.69, 9.17) is 21.0 Å². The summed E-state index contributed by atoms with van der Waals surface area (Å²) in [5.74, 6) is -1.43. The van der Waals surface area contributed by atoms with Crippen LogP contribution in [0.5, 0.6) is 0 Å². The van der Waals surface area contributed by atoms with Crippen molar-refractivity contribution < 1.29 is 29.6 Å². The van der Waals surface area contributed by atoms with Crippen molar-refractivity contribution in [2.24, 2.45) is 5.73 Å². The molecule has 0 aliphatic carbocycles. The number of nitrogens with one attached hydrogen (secondary N) is 3. The fourth-order valence-electron chi connectivity index (χ4n) is 2.26. The molecule has 0 unspecified atom stereocenters. The summed E-state index contributed by atoms with van der Waals surface area (Å²) in [5.41, 5.74) is 5.30. The Balaban J connectivity index is 3.22. The van der Waals surface area contributed by atoms with Crippen LogP contribution in [0.15, 0.2) is 11.8 Å². The quantitative estimate of drug-likeness (QED) is 0.198. The minimum Gasteiger partial charge on any atom is -0.482 e. The van der Waals surface area contributed by atoms with E-state index in [1.165, 1.54) is 19.9 Å². The maximum atomic E-state index is 11.6. The molecular formula is C13H22N4O6. The van der Waals surface area contributed by atoms with Gasteiger partial charge in [-0.25, -0.2) is 0 Å². The topological polar surface area (TPSA) is 178 Å². The Labute approximate surface area is 132 Å². The molecule has 10 nitrogen and oxygen atoms in total. The highest BCUT2D eigenvalue weighted by Crippen LogP contribution is 2.23. The Kier molecular flexibility index (Phi) is 6.49. The van der Waals surface area contributed by atoms with Gasteiger partial charge in [-0.3, -0.25) is 15.0 Å². The molecule has 1 aliphatic heterocycles. The summed E-state index contributed by atoms with van der Waals surface area (Å²) < 4.78 is 5.38. The molecule has 0 aromatic heterocycles. The van der Waals surface area contributed by atoms with E-state index in [0.717, 1.165) is 0 Å². The van der Waals surface area contributed by atoms with Crippen molar-refractivity contribution in [2.45, 2.75) is 44.2 Å². The van der Waals surface area contributed by atoms with Crippen LogP contribution in [0.1, 0.15) is 13.8 Å². The highest BCUT2D eigenvalue weighted by molar-refractivity contribution is 5.91. The Morgan fingerprint density at radius 3 is 2.43 bits per heavy atom. The van der Waals surface area contributed by atoms with Crippen LogP contribution in [0.25, 0.3) is 0 Å². The van der Waals surface area contributed by atoms with Crippen molar-refractivity contribution >= 4 is 17.6 Å².